The van der Waals surface area contributed by atoms with Crippen LogP contribution in [-0.2, 0) is 4.79 Å². The summed E-state index contributed by atoms with van der Waals surface area (Å²) < 4.78 is 12.6. The van der Waals surface area contributed by atoms with E-state index in [0.717, 1.165) is 24.1 Å². The highest BCUT2D eigenvalue weighted by Gasteiger charge is 2.27. The monoisotopic (exact) mass is 447 g/mol. The molecule has 8 heteroatoms. The third kappa shape index (κ3) is 5.26. The second-order valence-electron chi connectivity index (χ2n) is 7.56. The smallest absolute Gasteiger partial charge is 0.245 e. The maximum Gasteiger partial charge on any atom is 0.245 e. The number of ether oxygens (including phenoxy) is 2. The number of piperidine rings is 1. The van der Waals surface area contributed by atoms with Crippen molar-refractivity contribution in [2.75, 3.05) is 27.3 Å². The first-order valence-electron chi connectivity index (χ1n) is 10.6. The van der Waals surface area contributed by atoms with Gasteiger partial charge in [0, 0.05) is 36.6 Å². The van der Waals surface area contributed by atoms with E-state index < -0.39 is 0 Å². The predicted molar refractivity (Wildman–Crippen MR) is 128 cm³/mol. The molecule has 172 valence electrons. The average molecular weight is 448 g/mol. The van der Waals surface area contributed by atoms with Crippen molar-refractivity contribution in [2.24, 2.45) is 10.7 Å². The maximum absolute atomic E-state index is 11.9. The first-order valence-corrected chi connectivity index (χ1v) is 10.6. The molecule has 0 saturated carbocycles. The normalized spacial score (nSPS) is 14.3. The molecule has 0 unspecified atom stereocenters. The first kappa shape index (κ1) is 23.7. The molecule has 1 saturated heterocycles. The summed E-state index contributed by atoms with van der Waals surface area (Å²) in [7, 11) is 3.19. The fraction of sp³-hybridized carbons (Fsp3) is 0.320. The molecule has 1 fully saturated rings. The highest BCUT2D eigenvalue weighted by molar-refractivity contribution is 6.00. The van der Waals surface area contributed by atoms with Gasteiger partial charge in [-0.25, -0.2) is 4.99 Å². The van der Waals surface area contributed by atoms with Crippen molar-refractivity contribution in [1.82, 2.24) is 14.7 Å². The van der Waals surface area contributed by atoms with E-state index in [0.29, 0.717) is 41.7 Å². The Morgan fingerprint density at radius 1 is 1.18 bits per heavy atom. The molecule has 0 atom stereocenters. The van der Waals surface area contributed by atoms with Crippen molar-refractivity contribution >= 4 is 11.7 Å². The molecule has 1 aromatic heterocycles. The Labute approximate surface area is 194 Å². The molecule has 0 radical (unpaired) electrons. The van der Waals surface area contributed by atoms with Crippen molar-refractivity contribution in [3.63, 3.8) is 0 Å². The number of hydrogen-bond donors (Lipinski definition) is 1. The molecule has 33 heavy (non-hydrogen) atoms. The van der Waals surface area contributed by atoms with Crippen LogP contribution >= 0.6 is 0 Å². The molecule has 8 nitrogen and oxygen atoms in total. The number of hydrogen-bond acceptors (Lipinski definition) is 5. The van der Waals surface area contributed by atoms with Crippen LogP contribution in [0.15, 0.2) is 48.6 Å². The number of methoxy groups -OCH3 is 2. The lowest BCUT2D eigenvalue weighted by molar-refractivity contribution is -0.127. The number of carbonyl (C=O) groups is 1. The van der Waals surface area contributed by atoms with E-state index in [1.54, 1.807) is 25.2 Å². The van der Waals surface area contributed by atoms with E-state index in [2.05, 4.69) is 30.0 Å². The van der Waals surface area contributed by atoms with Gasteiger partial charge in [0.2, 0.25) is 5.91 Å². The largest absolute Gasteiger partial charge is 0.497 e. The van der Waals surface area contributed by atoms with Gasteiger partial charge in [-0.1, -0.05) is 19.1 Å². The second-order valence-corrected chi connectivity index (χ2v) is 7.56. The Hall–Kier alpha value is -3.99. The Balaban J connectivity index is 1.99. The van der Waals surface area contributed by atoms with Crippen LogP contribution in [0.5, 0.6) is 11.5 Å². The van der Waals surface area contributed by atoms with E-state index >= 15 is 0 Å². The van der Waals surface area contributed by atoms with Gasteiger partial charge in [0.15, 0.2) is 0 Å². The summed E-state index contributed by atoms with van der Waals surface area (Å²) in [6.07, 6.45) is 4.31. The molecule has 3 rings (SSSR count). The van der Waals surface area contributed by atoms with Gasteiger partial charge in [0.1, 0.15) is 23.0 Å². The number of amides is 1. The van der Waals surface area contributed by atoms with E-state index in [1.807, 2.05) is 23.7 Å². The van der Waals surface area contributed by atoms with Gasteiger partial charge in [-0.2, -0.15) is 5.10 Å². The van der Waals surface area contributed by atoms with E-state index in [1.165, 1.54) is 12.3 Å². The number of benzene rings is 1. The molecule has 1 aliphatic heterocycles. The lowest BCUT2D eigenvalue weighted by atomic mass is 10.0. The standard InChI is InChI=1S/C25H29N5O3/c1-6-23(31)29-12-10-19(11-13-29)30-17(3)24(25(26)27-7-2)22(28-30)9-8-18-14-20(32-4)16-21(15-18)33-5/h6-7,14-16,19H,1-2,10-13H2,3-5H3,(H2,26,27). The predicted octanol–water partition coefficient (Wildman–Crippen LogP) is 2.81. The molecule has 0 spiro atoms. The van der Waals surface area contributed by atoms with Crippen molar-refractivity contribution in [1.29, 1.82) is 0 Å². The van der Waals surface area contributed by atoms with Gasteiger partial charge < -0.3 is 20.1 Å². The Morgan fingerprint density at radius 2 is 1.82 bits per heavy atom. The van der Waals surface area contributed by atoms with Crippen LogP contribution in [0, 0.1) is 18.8 Å². The summed E-state index contributed by atoms with van der Waals surface area (Å²) in [4.78, 5) is 17.9. The summed E-state index contributed by atoms with van der Waals surface area (Å²) >= 11 is 0. The second kappa shape index (κ2) is 10.6. The topological polar surface area (TPSA) is 95.0 Å². The van der Waals surface area contributed by atoms with E-state index in [4.69, 9.17) is 20.3 Å². The number of aromatic nitrogens is 2. The number of carbonyl (C=O) groups excluding carboxylic acids is 1. The molecule has 1 amide bonds. The SMILES string of the molecule is C=CN=C(N)c1c(C#Cc2cc(OC)cc(OC)c2)nn(C2CCN(C(=O)C=C)CC2)c1C. The zero-order valence-corrected chi connectivity index (χ0v) is 19.3. The zero-order valence-electron chi connectivity index (χ0n) is 19.3. The van der Waals surface area contributed by atoms with Crippen LogP contribution in [0.1, 0.15) is 41.4 Å². The van der Waals surface area contributed by atoms with Crippen LogP contribution < -0.4 is 15.2 Å². The molecule has 1 aromatic carbocycles. The van der Waals surface area contributed by atoms with Gasteiger partial charge >= 0.3 is 0 Å². The Morgan fingerprint density at radius 3 is 2.36 bits per heavy atom. The van der Waals surface area contributed by atoms with Crippen molar-refractivity contribution in [2.45, 2.75) is 25.8 Å². The Kier molecular flexibility index (Phi) is 7.57. The summed E-state index contributed by atoms with van der Waals surface area (Å²) in [5, 5.41) is 4.79. The van der Waals surface area contributed by atoms with Gasteiger partial charge in [-0.15, -0.1) is 0 Å². The van der Waals surface area contributed by atoms with Gasteiger partial charge in [0.25, 0.3) is 0 Å². The molecule has 0 aliphatic carbocycles. The van der Waals surface area contributed by atoms with E-state index in [9.17, 15) is 4.79 Å². The van der Waals surface area contributed by atoms with Crippen LogP contribution in [0.25, 0.3) is 0 Å². The van der Waals surface area contributed by atoms with Crippen molar-refractivity contribution in [3.05, 3.63) is 66.1 Å². The summed E-state index contributed by atoms with van der Waals surface area (Å²) in [5.74, 6) is 7.83. The number of amidine groups is 1. The van der Waals surface area contributed by atoms with Gasteiger partial charge in [-0.05, 0) is 43.9 Å². The average Bonchev–Trinajstić information content (AvgIpc) is 3.18. The first-order chi connectivity index (χ1) is 15.9. The molecule has 0 bridgehead atoms. The number of likely N-dealkylation sites (tertiary alicyclic amines) is 1. The number of nitrogens with two attached hydrogens (primary N) is 1. The molecular weight excluding hydrogens is 418 g/mol. The lowest BCUT2D eigenvalue weighted by Crippen LogP contribution is -2.38. The highest BCUT2D eigenvalue weighted by atomic mass is 16.5. The number of nitrogens with zero attached hydrogens (tertiary/aromatic N) is 4. The third-order valence-corrected chi connectivity index (χ3v) is 5.61. The summed E-state index contributed by atoms with van der Waals surface area (Å²) in [6.45, 7) is 10.5. The summed E-state index contributed by atoms with van der Waals surface area (Å²) in [5.41, 5.74) is 9.05. The number of rotatable bonds is 6. The van der Waals surface area contributed by atoms with E-state index in [-0.39, 0.29) is 11.9 Å². The quantitative estimate of drug-likeness (QED) is 0.318. The fourth-order valence-electron chi connectivity index (χ4n) is 3.90. The van der Waals surface area contributed by atoms with Crippen LogP contribution in [0.2, 0.25) is 0 Å². The molecule has 1 aliphatic rings. The minimum Gasteiger partial charge on any atom is -0.497 e. The van der Waals surface area contributed by atoms with Crippen LogP contribution in [-0.4, -0.2) is 53.7 Å². The van der Waals surface area contributed by atoms with Crippen molar-refractivity contribution in [3.8, 4) is 23.3 Å². The zero-order chi connectivity index (χ0) is 24.0. The molecule has 2 N–H and O–H groups in total. The third-order valence-electron chi connectivity index (χ3n) is 5.61. The Bertz CT molecular complexity index is 1120. The minimum atomic E-state index is -0.0473. The fourth-order valence-corrected chi connectivity index (χ4v) is 3.90. The molecule has 2 heterocycles. The van der Waals surface area contributed by atoms with Crippen LogP contribution in [0.4, 0.5) is 0 Å². The van der Waals surface area contributed by atoms with Gasteiger partial charge in [-0.3, -0.25) is 9.48 Å². The maximum atomic E-state index is 11.9. The van der Waals surface area contributed by atoms with Crippen molar-refractivity contribution < 1.29 is 14.3 Å². The minimum absolute atomic E-state index is 0.0473. The van der Waals surface area contributed by atoms with Gasteiger partial charge in [0.05, 0.1) is 25.8 Å². The molecular formula is C25H29N5O3. The van der Waals surface area contributed by atoms with Crippen LogP contribution in [0.3, 0.4) is 0 Å². The summed E-state index contributed by atoms with van der Waals surface area (Å²) in [6, 6.07) is 5.56. The number of aliphatic imine (C=N–C) groups is 1. The highest BCUT2D eigenvalue weighted by Crippen LogP contribution is 2.27. The lowest BCUT2D eigenvalue weighted by Gasteiger charge is -2.32. The molecule has 2 aromatic rings.